The van der Waals surface area contributed by atoms with Gasteiger partial charge in [-0.15, -0.1) is 0 Å². The number of hydrogen-bond acceptors (Lipinski definition) is 16. The maximum Gasteiger partial charge on any atom is 1.00 e. The van der Waals surface area contributed by atoms with Gasteiger partial charge >= 0.3 is 71.1 Å². The first-order chi connectivity index (χ1) is 38.8. The SMILES string of the molecule is O=S(=O)([O-])c1cc(Nc2cc(Oc3ccc4ccccc4c3)nc(Oc3ccc4ccccc4c3)n2)ccc1C=Cc1ccc(Nc2cc(Oc3ccc4ccccc4c3)nc(Oc3ccc4ccccc4c3)n2)cc1S(=O)(=O)[O-].[Na+].[Na+]. The number of anilines is 4. The fraction of sp³-hybridized carbons (Fsp3) is 0. The van der Waals surface area contributed by atoms with Crippen molar-refractivity contribution >= 4 is 98.5 Å². The smallest absolute Gasteiger partial charge is 0.744 e. The van der Waals surface area contributed by atoms with Gasteiger partial charge in [-0.1, -0.05) is 146 Å². The Morgan fingerprint density at radius 2 is 0.646 bits per heavy atom. The molecule has 0 saturated heterocycles. The molecule has 392 valence electrons. The molecule has 0 atom stereocenters. The van der Waals surface area contributed by atoms with Crippen molar-refractivity contribution in [3.05, 3.63) is 230 Å². The van der Waals surface area contributed by atoms with Crippen LogP contribution < -0.4 is 88.7 Å². The van der Waals surface area contributed by atoms with Crippen molar-refractivity contribution in [2.24, 2.45) is 0 Å². The number of nitrogens with zero attached hydrogens (tertiary/aromatic N) is 4. The van der Waals surface area contributed by atoms with Crippen molar-refractivity contribution in [1.82, 2.24) is 19.9 Å². The molecule has 0 aliphatic heterocycles. The Morgan fingerprint density at radius 1 is 0.341 bits per heavy atom. The number of aromatic nitrogens is 4. The zero-order valence-corrected chi connectivity index (χ0v) is 49.3. The standard InChI is InChI=1S/C62H42N6O10S2.2Na/c69-79(70,71)55-35-49(63-57-37-59(75-51-27-21-39-9-1-5-13-45(39)31-51)67-61(65-57)77-53-29-23-41-11-3-7-15-47(41)33-53)25-19-43(55)17-18-44-20-26-50(36-56(44)80(72,73)74)64-58-38-60(76-52-28-22-40-10-2-6-14-46(40)32-52)68-62(66-58)78-54-30-24-42-12-4-8-16-48(42)34-54;;/h1-38H,(H,63,65,67)(H,64,66,68)(H,69,70,71)(H,72,73,74);;/q;2*+1/p-2. The maximum absolute atomic E-state index is 12.9. The van der Waals surface area contributed by atoms with E-state index in [2.05, 4.69) is 30.6 Å². The molecule has 82 heavy (non-hydrogen) atoms. The summed E-state index contributed by atoms with van der Waals surface area (Å²) < 4.78 is 102. The van der Waals surface area contributed by atoms with Gasteiger partial charge in [-0.25, -0.2) is 16.8 Å². The van der Waals surface area contributed by atoms with Crippen LogP contribution in [0.2, 0.25) is 0 Å². The first-order valence-electron chi connectivity index (χ1n) is 24.6. The second kappa shape index (κ2) is 24.5. The molecule has 12 aromatic rings. The Kier molecular flexibility index (Phi) is 17.0. The van der Waals surface area contributed by atoms with Gasteiger partial charge in [0.05, 0.1) is 9.79 Å². The van der Waals surface area contributed by atoms with Crippen LogP contribution in [0.4, 0.5) is 23.0 Å². The van der Waals surface area contributed by atoms with Crippen molar-refractivity contribution in [2.45, 2.75) is 9.79 Å². The summed E-state index contributed by atoms with van der Waals surface area (Å²) in [6.45, 7) is 0. The molecule has 2 heterocycles. The minimum Gasteiger partial charge on any atom is -0.744 e. The van der Waals surface area contributed by atoms with E-state index >= 15 is 0 Å². The predicted molar refractivity (Wildman–Crippen MR) is 304 cm³/mol. The molecule has 0 saturated carbocycles. The van der Waals surface area contributed by atoms with E-state index in [1.54, 1.807) is 24.3 Å². The summed E-state index contributed by atoms with van der Waals surface area (Å²) in [6.07, 6.45) is 2.44. The van der Waals surface area contributed by atoms with Gasteiger partial charge in [0.2, 0.25) is 11.8 Å². The molecule has 20 heteroatoms. The first kappa shape index (κ1) is 57.0. The van der Waals surface area contributed by atoms with Crippen LogP contribution in [0.1, 0.15) is 11.1 Å². The van der Waals surface area contributed by atoms with Crippen LogP contribution in [0, 0.1) is 0 Å². The van der Waals surface area contributed by atoms with Crippen molar-refractivity contribution in [3.63, 3.8) is 0 Å². The Hall–Kier alpha value is -8.24. The molecule has 0 spiro atoms. The molecule has 0 unspecified atom stereocenters. The monoisotopic (exact) mass is 1140 g/mol. The van der Waals surface area contributed by atoms with E-state index in [0.29, 0.717) is 23.0 Å². The largest absolute Gasteiger partial charge is 1.00 e. The third kappa shape index (κ3) is 13.6. The topological polar surface area (TPSA) is 227 Å². The number of ether oxygens (including phenoxy) is 4. The van der Waals surface area contributed by atoms with Gasteiger partial charge in [0, 0.05) is 23.5 Å². The van der Waals surface area contributed by atoms with Gasteiger partial charge in [-0.2, -0.15) is 19.9 Å². The Bertz CT molecular complexity index is 4180. The normalized spacial score (nSPS) is 11.5. The third-order valence-electron chi connectivity index (χ3n) is 12.7. The Morgan fingerprint density at radius 3 is 0.963 bits per heavy atom. The summed E-state index contributed by atoms with van der Waals surface area (Å²) in [5.41, 5.74) is 0.0415. The average molecular weight is 1140 g/mol. The van der Waals surface area contributed by atoms with Gasteiger partial charge < -0.3 is 38.7 Å². The quantitative estimate of drug-likeness (QED) is 0.0525. The van der Waals surface area contributed by atoms with Gasteiger partial charge in [0.25, 0.3) is 0 Å². The summed E-state index contributed by atoms with van der Waals surface area (Å²) in [5.74, 6) is 2.22. The Balaban J connectivity index is 0.00000376. The minimum atomic E-state index is -5.18. The summed E-state index contributed by atoms with van der Waals surface area (Å²) >= 11 is 0. The molecule has 0 aliphatic rings. The second-order valence-electron chi connectivity index (χ2n) is 18.2. The zero-order chi connectivity index (χ0) is 54.8. The van der Waals surface area contributed by atoms with Gasteiger partial charge in [0.1, 0.15) is 54.9 Å². The first-order valence-corrected chi connectivity index (χ1v) is 27.4. The van der Waals surface area contributed by atoms with E-state index in [1.807, 2.05) is 146 Å². The summed E-state index contributed by atoms with van der Waals surface area (Å²) in [4.78, 5) is 16.8. The van der Waals surface area contributed by atoms with E-state index < -0.39 is 30.0 Å². The van der Waals surface area contributed by atoms with Gasteiger partial charge in [0.15, 0.2) is 0 Å². The van der Waals surface area contributed by atoms with Crippen molar-refractivity contribution in [3.8, 4) is 46.8 Å². The average Bonchev–Trinajstić information content (AvgIpc) is 3.46. The molecule has 12 rings (SSSR count). The van der Waals surface area contributed by atoms with Gasteiger partial charge in [-0.3, -0.25) is 0 Å². The summed E-state index contributed by atoms with van der Waals surface area (Å²) in [6, 6.07) is 63.8. The third-order valence-corrected chi connectivity index (χ3v) is 14.4. The van der Waals surface area contributed by atoms with E-state index in [1.165, 1.54) is 48.6 Å². The van der Waals surface area contributed by atoms with Crippen LogP contribution in [0.3, 0.4) is 0 Å². The number of nitrogens with one attached hydrogen (secondary N) is 2. The molecule has 2 aromatic heterocycles. The van der Waals surface area contributed by atoms with Crippen LogP contribution in [0.25, 0.3) is 55.2 Å². The molecule has 0 radical (unpaired) electrons. The van der Waals surface area contributed by atoms with Crippen LogP contribution in [-0.4, -0.2) is 45.9 Å². The fourth-order valence-corrected chi connectivity index (χ4v) is 10.3. The van der Waals surface area contributed by atoms with E-state index in [0.717, 1.165) is 55.2 Å². The van der Waals surface area contributed by atoms with Crippen molar-refractivity contribution in [1.29, 1.82) is 0 Å². The van der Waals surface area contributed by atoms with Gasteiger partial charge in [-0.05, 0) is 127 Å². The molecule has 0 amide bonds. The Labute approximate surface area is 514 Å². The molecule has 0 bridgehead atoms. The molecule has 2 N–H and O–H groups in total. The molecule has 0 fully saturated rings. The predicted octanol–water partition coefficient (Wildman–Crippen LogP) is 8.52. The van der Waals surface area contributed by atoms with Crippen LogP contribution >= 0.6 is 0 Å². The van der Waals surface area contributed by atoms with Crippen LogP contribution in [0.5, 0.6) is 46.8 Å². The van der Waals surface area contributed by atoms with Crippen LogP contribution in [-0.2, 0) is 20.2 Å². The van der Waals surface area contributed by atoms with Crippen molar-refractivity contribution in [2.75, 3.05) is 10.6 Å². The molecular weight excluding hydrogens is 1100 g/mol. The number of rotatable bonds is 16. The fourth-order valence-electron chi connectivity index (χ4n) is 8.92. The summed E-state index contributed by atoms with van der Waals surface area (Å²) in [7, 11) is -10.4. The summed E-state index contributed by atoms with van der Waals surface area (Å²) in [5, 5.41) is 13.8. The number of fused-ring (bicyclic) bond motifs is 4. The zero-order valence-electron chi connectivity index (χ0n) is 43.6. The number of hydrogen-bond donors (Lipinski definition) is 2. The van der Waals surface area contributed by atoms with E-state index in [-0.39, 0.29) is 117 Å². The van der Waals surface area contributed by atoms with E-state index in [9.17, 15) is 25.9 Å². The van der Waals surface area contributed by atoms with E-state index in [4.69, 9.17) is 18.9 Å². The van der Waals surface area contributed by atoms with Crippen LogP contribution in [0.15, 0.2) is 228 Å². The second-order valence-corrected chi connectivity index (χ2v) is 20.9. The molecule has 16 nitrogen and oxygen atoms in total. The molecular formula is C62H40N6Na2O10S2. The minimum absolute atomic E-state index is 0. The molecule has 10 aromatic carbocycles. The number of benzene rings is 10. The molecule has 0 aliphatic carbocycles. The van der Waals surface area contributed by atoms with Crippen molar-refractivity contribution < 1.29 is 104 Å². The maximum atomic E-state index is 12.9.